The third-order valence-corrected chi connectivity index (χ3v) is 3.81. The van der Waals surface area contributed by atoms with Gasteiger partial charge in [0, 0.05) is 30.2 Å². The lowest BCUT2D eigenvalue weighted by Crippen LogP contribution is -2.12. The van der Waals surface area contributed by atoms with E-state index in [1.807, 2.05) is 17.9 Å². The van der Waals surface area contributed by atoms with E-state index in [1.54, 1.807) is 0 Å². The molecule has 2 nitrogen and oxygen atoms in total. The summed E-state index contributed by atoms with van der Waals surface area (Å²) in [6.07, 6.45) is 4.21. The van der Waals surface area contributed by atoms with Gasteiger partial charge in [-0.25, -0.2) is 0 Å². The van der Waals surface area contributed by atoms with Crippen LogP contribution in [0.25, 0.3) is 0 Å². The predicted octanol–water partition coefficient (Wildman–Crippen LogP) is 2.54. The highest BCUT2D eigenvalue weighted by Gasteiger charge is 2.33. The maximum atomic E-state index is 6.20. The molecule has 1 heterocycles. The molecule has 3 heteroatoms. The minimum absolute atomic E-state index is 0.347. The highest BCUT2D eigenvalue weighted by atomic mass is 35.5. The molecule has 1 aliphatic carbocycles. The molecule has 3 unspecified atom stereocenters. The summed E-state index contributed by atoms with van der Waals surface area (Å²) in [5.41, 5.74) is 1.33. The normalized spacial score (nSPS) is 33.9. The average molecular weight is 199 g/mol. The minimum Gasteiger partial charge on any atom is -0.272 e. The second-order valence-corrected chi connectivity index (χ2v) is 4.50. The minimum atomic E-state index is 0.347. The van der Waals surface area contributed by atoms with Crippen LogP contribution < -0.4 is 0 Å². The maximum absolute atomic E-state index is 6.20. The van der Waals surface area contributed by atoms with E-state index < -0.39 is 0 Å². The molecule has 2 rings (SSSR count). The monoisotopic (exact) mass is 198 g/mol. The van der Waals surface area contributed by atoms with Crippen LogP contribution in [-0.4, -0.2) is 15.2 Å². The molecule has 1 fully saturated rings. The summed E-state index contributed by atoms with van der Waals surface area (Å²) in [5, 5.41) is 4.54. The molecule has 0 aliphatic heterocycles. The zero-order valence-corrected chi connectivity index (χ0v) is 8.83. The van der Waals surface area contributed by atoms with Crippen LogP contribution in [0.2, 0.25) is 0 Å². The highest BCUT2D eigenvalue weighted by Crippen LogP contribution is 2.41. The second-order valence-electron chi connectivity index (χ2n) is 3.94. The Morgan fingerprint density at radius 1 is 1.54 bits per heavy atom. The van der Waals surface area contributed by atoms with E-state index in [1.165, 1.54) is 12.1 Å². The Hall–Kier alpha value is -0.500. The van der Waals surface area contributed by atoms with Crippen molar-refractivity contribution in [3.8, 4) is 0 Å². The van der Waals surface area contributed by atoms with Crippen LogP contribution in [0.1, 0.15) is 31.4 Å². The van der Waals surface area contributed by atoms with Crippen molar-refractivity contribution in [1.29, 1.82) is 0 Å². The number of aryl methyl sites for hydroxylation is 1. The Bertz CT molecular complexity index is 295. The highest BCUT2D eigenvalue weighted by molar-refractivity contribution is 6.21. The fourth-order valence-corrected chi connectivity index (χ4v) is 2.58. The Kier molecular flexibility index (Phi) is 2.33. The number of alkyl halides is 1. The van der Waals surface area contributed by atoms with E-state index in [9.17, 15) is 0 Å². The van der Waals surface area contributed by atoms with Crippen LogP contribution in [0.15, 0.2) is 12.3 Å². The van der Waals surface area contributed by atoms with Gasteiger partial charge < -0.3 is 0 Å². The van der Waals surface area contributed by atoms with Gasteiger partial charge in [-0.1, -0.05) is 6.92 Å². The van der Waals surface area contributed by atoms with Gasteiger partial charge in [0.15, 0.2) is 0 Å². The number of halogens is 1. The Morgan fingerprint density at radius 3 is 2.77 bits per heavy atom. The van der Waals surface area contributed by atoms with Crippen molar-refractivity contribution >= 4 is 11.6 Å². The van der Waals surface area contributed by atoms with Crippen LogP contribution in [0, 0.1) is 5.92 Å². The van der Waals surface area contributed by atoms with Gasteiger partial charge in [-0.15, -0.1) is 11.6 Å². The lowest BCUT2D eigenvalue weighted by atomic mass is 9.94. The third-order valence-electron chi connectivity index (χ3n) is 3.20. The van der Waals surface area contributed by atoms with Gasteiger partial charge >= 0.3 is 0 Å². The van der Waals surface area contributed by atoms with E-state index in [4.69, 9.17) is 11.6 Å². The smallest absolute Gasteiger partial charge is 0.0492 e. The molecule has 72 valence electrons. The molecule has 1 aromatic rings. The van der Waals surface area contributed by atoms with Gasteiger partial charge in [0.1, 0.15) is 0 Å². The van der Waals surface area contributed by atoms with E-state index in [-0.39, 0.29) is 0 Å². The second kappa shape index (κ2) is 3.33. The molecule has 0 bridgehead atoms. The lowest BCUT2D eigenvalue weighted by molar-refractivity contribution is 0.501. The van der Waals surface area contributed by atoms with Crippen molar-refractivity contribution in [1.82, 2.24) is 9.78 Å². The molecule has 0 aromatic carbocycles. The van der Waals surface area contributed by atoms with Gasteiger partial charge in [-0.3, -0.25) is 4.68 Å². The van der Waals surface area contributed by atoms with Gasteiger partial charge in [-0.05, 0) is 24.8 Å². The summed E-state index contributed by atoms with van der Waals surface area (Å²) in [7, 11) is 2.00. The molecule has 13 heavy (non-hydrogen) atoms. The summed E-state index contributed by atoms with van der Waals surface area (Å²) < 4.78 is 1.97. The van der Waals surface area contributed by atoms with Crippen LogP contribution in [0.5, 0.6) is 0 Å². The van der Waals surface area contributed by atoms with Crippen molar-refractivity contribution < 1.29 is 0 Å². The van der Waals surface area contributed by atoms with Crippen LogP contribution in [-0.2, 0) is 7.05 Å². The number of rotatable bonds is 1. The zero-order valence-electron chi connectivity index (χ0n) is 8.07. The quantitative estimate of drug-likeness (QED) is 0.635. The predicted molar refractivity (Wildman–Crippen MR) is 54.0 cm³/mol. The summed E-state index contributed by atoms with van der Waals surface area (Å²) in [6.45, 7) is 2.24. The van der Waals surface area contributed by atoms with Crippen molar-refractivity contribution in [2.75, 3.05) is 0 Å². The fraction of sp³-hybridized carbons (Fsp3) is 0.700. The number of hydrogen-bond acceptors (Lipinski definition) is 1. The first-order valence-electron chi connectivity index (χ1n) is 4.82. The standard InChI is InChI=1S/C10H15ClN2/c1-7-8(3-4-9(7)11)10-5-6-12-13(10)2/h5-9H,3-4H2,1-2H3. The fourth-order valence-electron chi connectivity index (χ4n) is 2.28. The summed E-state index contributed by atoms with van der Waals surface area (Å²) in [5.74, 6) is 1.19. The summed E-state index contributed by atoms with van der Waals surface area (Å²) in [6, 6.07) is 2.11. The Labute approximate surface area is 83.9 Å². The summed E-state index contributed by atoms with van der Waals surface area (Å²) in [4.78, 5) is 0. The molecule has 0 spiro atoms. The Balaban J connectivity index is 2.23. The number of aromatic nitrogens is 2. The number of hydrogen-bond donors (Lipinski definition) is 0. The SMILES string of the molecule is CC1C(Cl)CCC1c1ccnn1C. The molecule has 1 saturated carbocycles. The first kappa shape index (κ1) is 9.07. The van der Waals surface area contributed by atoms with Crippen LogP contribution >= 0.6 is 11.6 Å². The zero-order chi connectivity index (χ0) is 9.42. The number of nitrogens with zero attached hydrogens (tertiary/aromatic N) is 2. The van der Waals surface area contributed by atoms with Crippen molar-refractivity contribution in [2.24, 2.45) is 13.0 Å². The molecule has 1 aromatic heterocycles. The molecule has 1 aliphatic rings. The summed E-state index contributed by atoms with van der Waals surface area (Å²) >= 11 is 6.20. The largest absolute Gasteiger partial charge is 0.272 e. The van der Waals surface area contributed by atoms with E-state index in [0.29, 0.717) is 17.2 Å². The molecule has 0 amide bonds. The van der Waals surface area contributed by atoms with Gasteiger partial charge in [0.25, 0.3) is 0 Å². The maximum Gasteiger partial charge on any atom is 0.0492 e. The molecular weight excluding hydrogens is 184 g/mol. The third kappa shape index (κ3) is 1.48. The van der Waals surface area contributed by atoms with Crippen molar-refractivity contribution in [2.45, 2.75) is 31.1 Å². The molecule has 0 saturated heterocycles. The van der Waals surface area contributed by atoms with Gasteiger partial charge in [-0.2, -0.15) is 5.10 Å². The van der Waals surface area contributed by atoms with Crippen LogP contribution in [0.4, 0.5) is 0 Å². The lowest BCUT2D eigenvalue weighted by Gasteiger charge is -2.16. The van der Waals surface area contributed by atoms with E-state index in [0.717, 1.165) is 6.42 Å². The molecule has 0 radical (unpaired) electrons. The van der Waals surface area contributed by atoms with Crippen LogP contribution in [0.3, 0.4) is 0 Å². The Morgan fingerprint density at radius 2 is 2.31 bits per heavy atom. The van der Waals surface area contributed by atoms with E-state index in [2.05, 4.69) is 18.1 Å². The average Bonchev–Trinajstić information content (AvgIpc) is 2.62. The molecular formula is C10H15ClN2. The first-order chi connectivity index (χ1) is 6.20. The topological polar surface area (TPSA) is 17.8 Å². The molecule has 0 N–H and O–H groups in total. The van der Waals surface area contributed by atoms with Gasteiger partial charge in [0.05, 0.1) is 0 Å². The van der Waals surface area contributed by atoms with Crippen molar-refractivity contribution in [3.05, 3.63) is 18.0 Å². The van der Waals surface area contributed by atoms with Crippen molar-refractivity contribution in [3.63, 3.8) is 0 Å². The van der Waals surface area contributed by atoms with Gasteiger partial charge in [0.2, 0.25) is 0 Å². The van der Waals surface area contributed by atoms with E-state index >= 15 is 0 Å². The molecule has 3 atom stereocenters. The first-order valence-corrected chi connectivity index (χ1v) is 5.25.